The molecule has 0 heterocycles. The summed E-state index contributed by atoms with van der Waals surface area (Å²) in [6, 6.07) is 0. The number of unbranched alkanes of at least 4 members (excludes halogenated alkanes) is 23. The summed E-state index contributed by atoms with van der Waals surface area (Å²) in [7, 11) is 0. The van der Waals surface area contributed by atoms with Crippen LogP contribution >= 0.6 is 0 Å². The maximum Gasteiger partial charge on any atom is 1.00 e. The molecule has 0 atom stereocenters. The summed E-state index contributed by atoms with van der Waals surface area (Å²) in [4.78, 5) is 11.8. The second kappa shape index (κ2) is 41.9. The zero-order valence-corrected chi connectivity index (χ0v) is 29.2. The predicted octanol–water partition coefficient (Wildman–Crippen LogP) is 8.87. The second-order valence-corrected chi connectivity index (χ2v) is 10.9. The van der Waals surface area contributed by atoms with Crippen molar-refractivity contribution in [1.29, 1.82) is 0 Å². The Morgan fingerprint density at radius 2 is 0.737 bits per heavy atom. The maximum absolute atomic E-state index is 11.8. The van der Waals surface area contributed by atoms with Crippen molar-refractivity contribution in [2.45, 2.75) is 195 Å². The van der Waals surface area contributed by atoms with E-state index >= 15 is 0 Å². The fourth-order valence-electron chi connectivity index (χ4n) is 4.69. The van der Waals surface area contributed by atoms with Gasteiger partial charge in [-0.3, -0.25) is 4.79 Å². The van der Waals surface area contributed by atoms with Crippen LogP contribution in [0.15, 0.2) is 0 Å². The van der Waals surface area contributed by atoms with Gasteiger partial charge in [-0.1, -0.05) is 162 Å². The molecule has 0 aromatic carbocycles. The molecule has 0 fully saturated rings. The van der Waals surface area contributed by atoms with E-state index in [1.165, 1.54) is 148 Å². The van der Waals surface area contributed by atoms with Crippen LogP contribution in [0.4, 0.5) is 0 Å². The first-order chi connectivity index (χ1) is 18.2. The minimum atomic E-state index is 0. The van der Waals surface area contributed by atoms with E-state index in [2.05, 4.69) is 13.8 Å². The van der Waals surface area contributed by atoms with Crippen molar-refractivity contribution < 1.29 is 45.3 Å². The number of rotatable bonds is 29. The van der Waals surface area contributed by atoms with Crippen molar-refractivity contribution >= 4 is 5.97 Å². The first-order valence-electron chi connectivity index (χ1n) is 17.0. The van der Waals surface area contributed by atoms with Gasteiger partial charge in [-0.2, -0.15) is 0 Å². The molecule has 4 heteroatoms. The minimum absolute atomic E-state index is 0. The summed E-state index contributed by atoms with van der Waals surface area (Å²) in [6.07, 6.45) is 34.2. The number of hydrogen-bond acceptors (Lipinski definition) is 3. The van der Waals surface area contributed by atoms with E-state index in [-0.39, 0.29) is 37.0 Å². The van der Waals surface area contributed by atoms with E-state index in [9.17, 15) is 4.79 Å². The quantitative estimate of drug-likeness (QED) is 0.0530. The van der Waals surface area contributed by atoms with Gasteiger partial charge in [-0.25, -0.2) is 0 Å². The Labute approximate surface area is 264 Å². The second-order valence-electron chi connectivity index (χ2n) is 10.9. The van der Waals surface area contributed by atoms with Gasteiger partial charge in [-0.05, 0) is 26.7 Å². The molecule has 0 unspecified atom stereocenters. The Bertz CT molecular complexity index is 408. The molecule has 0 spiro atoms. The molecule has 0 saturated carbocycles. The smallest absolute Gasteiger partial charge is 1.00 e. The average molecular weight is 551 g/mol. The molecule has 0 N–H and O–H groups in total. The Kier molecular flexibility index (Phi) is 47.3. The molecule has 38 heavy (non-hydrogen) atoms. The first-order valence-corrected chi connectivity index (χ1v) is 17.0. The van der Waals surface area contributed by atoms with Crippen LogP contribution in [0.25, 0.3) is 0 Å². The van der Waals surface area contributed by atoms with E-state index < -0.39 is 0 Å². The van der Waals surface area contributed by atoms with Gasteiger partial charge in [0.2, 0.25) is 0 Å². The summed E-state index contributed by atoms with van der Waals surface area (Å²) in [5.74, 6) is 0.0237. The molecule has 0 saturated heterocycles. The molecular weight excluding hydrogens is 479 g/mol. The van der Waals surface area contributed by atoms with E-state index in [4.69, 9.17) is 9.47 Å². The number of carbonyl (C=O) groups is 1. The van der Waals surface area contributed by atoms with Gasteiger partial charge in [0.05, 0.1) is 6.61 Å². The normalized spacial score (nSPS) is 10.5. The van der Waals surface area contributed by atoms with Gasteiger partial charge in [0, 0.05) is 19.6 Å². The third kappa shape index (κ3) is 43.5. The van der Waals surface area contributed by atoms with Crippen molar-refractivity contribution in [2.24, 2.45) is 0 Å². The molecule has 0 aliphatic carbocycles. The van der Waals surface area contributed by atoms with Crippen LogP contribution in [-0.4, -0.2) is 25.8 Å². The molecule has 0 bridgehead atoms. The zero-order valence-electron chi connectivity index (χ0n) is 28.2. The largest absolute Gasteiger partial charge is 1.00 e. The van der Waals surface area contributed by atoms with Crippen molar-refractivity contribution in [1.82, 2.24) is 0 Å². The van der Waals surface area contributed by atoms with Gasteiger partial charge < -0.3 is 10.9 Å². The van der Waals surface area contributed by atoms with Gasteiger partial charge in [-0.15, -0.1) is 0 Å². The summed E-state index contributed by atoms with van der Waals surface area (Å²) in [5, 5.41) is 0. The van der Waals surface area contributed by atoms with E-state index in [1.807, 2.05) is 13.8 Å². The molecule has 0 aromatic rings. The Hall–Kier alpha value is 0.430. The molecular formula is C34H71NaO3. The van der Waals surface area contributed by atoms with Crippen LogP contribution < -0.4 is 29.6 Å². The van der Waals surface area contributed by atoms with Gasteiger partial charge in [0.15, 0.2) is 0 Å². The summed E-state index contributed by atoms with van der Waals surface area (Å²) in [5.41, 5.74) is 0. The van der Waals surface area contributed by atoms with Gasteiger partial charge >= 0.3 is 35.5 Å². The van der Waals surface area contributed by atoms with Crippen LogP contribution in [0.1, 0.15) is 196 Å². The number of esters is 1. The van der Waals surface area contributed by atoms with E-state index in [1.54, 1.807) is 0 Å². The molecule has 3 nitrogen and oxygen atoms in total. The van der Waals surface area contributed by atoms with Crippen LogP contribution in [0.2, 0.25) is 0 Å². The van der Waals surface area contributed by atoms with Crippen molar-refractivity contribution in [3.63, 3.8) is 0 Å². The van der Waals surface area contributed by atoms with Crippen LogP contribution in [0, 0.1) is 0 Å². The first kappa shape index (κ1) is 42.9. The Balaban J connectivity index is -0.000000796. The van der Waals surface area contributed by atoms with Crippen LogP contribution in [-0.2, 0) is 14.3 Å². The minimum Gasteiger partial charge on any atom is -1.00 e. The molecule has 0 aliphatic rings. The maximum atomic E-state index is 11.8. The van der Waals surface area contributed by atoms with E-state index in [0.717, 1.165) is 26.1 Å². The SMILES string of the molecule is CCCCCCCCCCCCCCCCCC(=O)OCCCCCCCCCCCC.CCOCC.[H-].[Na+]. The fraction of sp³-hybridized carbons (Fsp3) is 0.971. The molecule has 0 amide bonds. The molecule has 0 radical (unpaired) electrons. The third-order valence-corrected chi connectivity index (χ3v) is 7.15. The number of hydrogen-bond donors (Lipinski definition) is 0. The predicted molar refractivity (Wildman–Crippen MR) is 166 cm³/mol. The molecule has 0 rings (SSSR count). The standard InChI is InChI=1S/C30H60O2.C4H10O.Na.H/c1-3-5-7-9-11-13-15-16-17-18-19-20-22-24-26-28-30(31)32-29-27-25-23-21-14-12-10-8-6-4-2;1-3-5-4-2;;/h3-29H2,1-2H3;3-4H2,1-2H3;;/q;;+1;-1. The fourth-order valence-corrected chi connectivity index (χ4v) is 4.69. The van der Waals surface area contributed by atoms with Gasteiger partial charge in [0.1, 0.15) is 0 Å². The average Bonchev–Trinajstić information content (AvgIpc) is 2.90. The van der Waals surface area contributed by atoms with Crippen LogP contribution in [0.3, 0.4) is 0 Å². The van der Waals surface area contributed by atoms with Crippen LogP contribution in [0.5, 0.6) is 0 Å². The summed E-state index contributed by atoms with van der Waals surface area (Å²) < 4.78 is 10.2. The van der Waals surface area contributed by atoms with Crippen molar-refractivity contribution in [2.75, 3.05) is 19.8 Å². The zero-order chi connectivity index (χ0) is 27.5. The Morgan fingerprint density at radius 1 is 0.447 bits per heavy atom. The van der Waals surface area contributed by atoms with Crippen molar-refractivity contribution in [3.8, 4) is 0 Å². The topological polar surface area (TPSA) is 35.5 Å². The summed E-state index contributed by atoms with van der Waals surface area (Å²) >= 11 is 0. The Morgan fingerprint density at radius 3 is 1.03 bits per heavy atom. The third-order valence-electron chi connectivity index (χ3n) is 7.15. The number of carbonyl (C=O) groups excluding carboxylic acids is 1. The molecule has 0 aliphatic heterocycles. The van der Waals surface area contributed by atoms with Gasteiger partial charge in [0.25, 0.3) is 0 Å². The molecule has 0 aromatic heterocycles. The number of ether oxygens (including phenoxy) is 2. The van der Waals surface area contributed by atoms with E-state index in [0.29, 0.717) is 13.0 Å². The monoisotopic (exact) mass is 551 g/mol. The molecule has 226 valence electrons. The summed E-state index contributed by atoms with van der Waals surface area (Å²) in [6.45, 7) is 10.9. The van der Waals surface area contributed by atoms with Crippen molar-refractivity contribution in [3.05, 3.63) is 0 Å².